The predicted molar refractivity (Wildman–Crippen MR) is 150 cm³/mol. The number of benzene rings is 2. The fraction of sp³-hybridized carbons (Fsp3) is 0.467. The number of halogens is 1. The van der Waals surface area contributed by atoms with Crippen molar-refractivity contribution >= 4 is 35.3 Å². The first kappa shape index (κ1) is 24.7. The van der Waals surface area contributed by atoms with E-state index in [9.17, 15) is 4.79 Å². The van der Waals surface area contributed by atoms with Gasteiger partial charge in [0.1, 0.15) is 11.5 Å². The molecule has 5 aliphatic carbocycles. The molecule has 7 heteroatoms. The van der Waals surface area contributed by atoms with E-state index in [0.717, 1.165) is 45.4 Å². The van der Waals surface area contributed by atoms with E-state index in [1.54, 1.807) is 11.3 Å². The molecule has 1 aromatic heterocycles. The minimum atomic E-state index is 0. The maximum Gasteiger partial charge on any atom is 0.230 e. The van der Waals surface area contributed by atoms with Gasteiger partial charge < -0.3 is 14.6 Å². The second kappa shape index (κ2) is 9.95. The van der Waals surface area contributed by atoms with Crippen LogP contribution in [0.5, 0.6) is 11.5 Å². The summed E-state index contributed by atoms with van der Waals surface area (Å²) in [6.07, 6.45) is 10.9. The molecule has 2 aromatic carbocycles. The molecule has 8 rings (SSSR count). The van der Waals surface area contributed by atoms with Gasteiger partial charge in [0.25, 0.3) is 0 Å². The summed E-state index contributed by atoms with van der Waals surface area (Å²) in [5.74, 6) is 4.24. The molecule has 0 saturated heterocycles. The Morgan fingerprint density at radius 1 is 0.946 bits per heavy atom. The van der Waals surface area contributed by atoms with Gasteiger partial charge in [0, 0.05) is 22.8 Å². The van der Waals surface area contributed by atoms with Gasteiger partial charge in [-0.2, -0.15) is 0 Å². The average molecular weight is 536 g/mol. The van der Waals surface area contributed by atoms with E-state index >= 15 is 0 Å². The molecule has 0 atom stereocenters. The predicted octanol–water partition coefficient (Wildman–Crippen LogP) is 7.15. The van der Waals surface area contributed by atoms with Crippen LogP contribution in [0.4, 0.5) is 5.69 Å². The lowest BCUT2D eigenvalue weighted by Gasteiger charge is -2.54. The van der Waals surface area contributed by atoms with Crippen molar-refractivity contribution in [3.05, 3.63) is 70.5 Å². The van der Waals surface area contributed by atoms with Crippen molar-refractivity contribution in [2.24, 2.45) is 22.7 Å². The number of carbonyl (C=O) groups is 1. The number of hydrogen-bond donors (Lipinski definition) is 1. The SMILES string of the molecule is Cl.O=C(Cc1csc(=NC23CC4CC(CC(C4)C2)C3)n1C1CC1)Nc1ccc(Oc2ccccc2)cc1. The highest BCUT2D eigenvalue weighted by Crippen LogP contribution is 2.57. The number of hydrogen-bond acceptors (Lipinski definition) is 4. The number of aromatic nitrogens is 1. The highest BCUT2D eigenvalue weighted by molar-refractivity contribution is 7.07. The number of nitrogens with zero attached hydrogens (tertiary/aromatic N) is 2. The molecule has 0 spiro atoms. The highest BCUT2D eigenvalue weighted by Gasteiger charge is 2.51. The number of rotatable bonds is 7. The van der Waals surface area contributed by atoms with Crippen LogP contribution < -0.4 is 14.9 Å². The first-order chi connectivity index (χ1) is 17.6. The molecule has 194 valence electrons. The summed E-state index contributed by atoms with van der Waals surface area (Å²) < 4.78 is 8.26. The number of para-hydroxylation sites is 1. The molecule has 1 N–H and O–H groups in total. The molecule has 5 nitrogen and oxygen atoms in total. The summed E-state index contributed by atoms with van der Waals surface area (Å²) >= 11 is 1.74. The lowest BCUT2D eigenvalue weighted by molar-refractivity contribution is -0.115. The molecule has 5 aliphatic rings. The Morgan fingerprint density at radius 2 is 1.57 bits per heavy atom. The molecule has 4 bridgehead atoms. The normalized spacial score (nSPS) is 28.1. The number of carbonyl (C=O) groups excluding carboxylic acids is 1. The highest BCUT2D eigenvalue weighted by atomic mass is 35.5. The van der Waals surface area contributed by atoms with Crippen LogP contribution in [0.15, 0.2) is 65.0 Å². The van der Waals surface area contributed by atoms with Crippen molar-refractivity contribution in [3.8, 4) is 11.5 Å². The second-order valence-electron chi connectivity index (χ2n) is 11.5. The number of amides is 1. The van der Waals surface area contributed by atoms with Crippen molar-refractivity contribution in [2.75, 3.05) is 5.32 Å². The van der Waals surface area contributed by atoms with E-state index in [4.69, 9.17) is 9.73 Å². The summed E-state index contributed by atoms with van der Waals surface area (Å²) in [5, 5.41) is 5.24. The summed E-state index contributed by atoms with van der Waals surface area (Å²) in [5.41, 5.74) is 2.05. The van der Waals surface area contributed by atoms with Gasteiger partial charge >= 0.3 is 0 Å². The quantitative estimate of drug-likeness (QED) is 0.349. The smallest absolute Gasteiger partial charge is 0.230 e. The van der Waals surface area contributed by atoms with Gasteiger partial charge in [-0.1, -0.05) is 18.2 Å². The van der Waals surface area contributed by atoms with E-state index in [2.05, 4.69) is 15.3 Å². The standard InChI is InChI=1S/C30H33N3O2S.ClH/c34-28(31-23-6-10-27(11-7-23)35-26-4-2-1-3-5-26)15-25-19-36-29(33(25)24-8-9-24)32-30-16-20-12-21(17-30)14-22(13-20)18-30;/h1-7,10-11,19-22,24H,8-9,12-18H2,(H,31,34);1H. The molecule has 1 amide bonds. The Labute approximate surface area is 228 Å². The Morgan fingerprint density at radius 3 is 2.19 bits per heavy atom. The second-order valence-corrected chi connectivity index (χ2v) is 12.4. The molecule has 5 saturated carbocycles. The van der Waals surface area contributed by atoms with Gasteiger partial charge in [0.15, 0.2) is 4.80 Å². The number of thiazole rings is 1. The molecule has 0 aliphatic heterocycles. The molecule has 1 heterocycles. The van der Waals surface area contributed by atoms with Crippen LogP contribution in [0.3, 0.4) is 0 Å². The molecule has 3 aromatic rings. The van der Waals surface area contributed by atoms with E-state index in [-0.39, 0.29) is 23.9 Å². The third kappa shape index (κ3) is 5.23. The minimum Gasteiger partial charge on any atom is -0.457 e. The summed E-state index contributed by atoms with van der Waals surface area (Å²) in [7, 11) is 0. The van der Waals surface area contributed by atoms with Gasteiger partial charge in [-0.3, -0.25) is 9.79 Å². The Bertz CT molecular complexity index is 1290. The molecular weight excluding hydrogens is 502 g/mol. The van der Waals surface area contributed by atoms with Crippen LogP contribution in [0, 0.1) is 17.8 Å². The van der Waals surface area contributed by atoms with Gasteiger partial charge in [-0.25, -0.2) is 0 Å². The number of anilines is 1. The summed E-state index contributed by atoms with van der Waals surface area (Å²) in [6, 6.07) is 17.8. The van der Waals surface area contributed by atoms with Crippen molar-refractivity contribution in [1.29, 1.82) is 0 Å². The van der Waals surface area contributed by atoms with Crippen LogP contribution in [-0.2, 0) is 11.2 Å². The van der Waals surface area contributed by atoms with Crippen LogP contribution in [0.1, 0.15) is 63.1 Å². The van der Waals surface area contributed by atoms with Gasteiger partial charge in [-0.15, -0.1) is 23.7 Å². The summed E-state index contributed by atoms with van der Waals surface area (Å²) in [4.78, 5) is 19.7. The van der Waals surface area contributed by atoms with Crippen molar-refractivity contribution < 1.29 is 9.53 Å². The zero-order valence-electron chi connectivity index (χ0n) is 21.0. The molecule has 0 unspecified atom stereocenters. The van der Waals surface area contributed by atoms with Crippen LogP contribution in [0.25, 0.3) is 0 Å². The first-order valence-electron chi connectivity index (χ1n) is 13.5. The zero-order valence-corrected chi connectivity index (χ0v) is 22.6. The van der Waals surface area contributed by atoms with Crippen LogP contribution >= 0.6 is 23.7 Å². The van der Waals surface area contributed by atoms with E-state index in [1.165, 1.54) is 51.4 Å². The first-order valence-corrected chi connectivity index (χ1v) is 14.4. The monoisotopic (exact) mass is 535 g/mol. The molecule has 37 heavy (non-hydrogen) atoms. The lowest BCUT2D eigenvalue weighted by atomic mass is 9.53. The fourth-order valence-corrected chi connectivity index (χ4v) is 8.36. The lowest BCUT2D eigenvalue weighted by Crippen LogP contribution is -2.50. The van der Waals surface area contributed by atoms with E-state index in [0.29, 0.717) is 12.5 Å². The Balaban J connectivity index is 0.00000252. The number of nitrogens with one attached hydrogen (secondary N) is 1. The maximum absolute atomic E-state index is 13.0. The van der Waals surface area contributed by atoms with Gasteiger partial charge in [0.05, 0.1) is 12.0 Å². The largest absolute Gasteiger partial charge is 0.457 e. The Kier molecular flexibility index (Phi) is 6.66. The fourth-order valence-electron chi connectivity index (χ4n) is 7.29. The topological polar surface area (TPSA) is 55.6 Å². The zero-order chi connectivity index (χ0) is 24.1. The molecular formula is C30H34ClN3O2S. The average Bonchev–Trinajstić information content (AvgIpc) is 3.62. The van der Waals surface area contributed by atoms with E-state index in [1.807, 2.05) is 54.6 Å². The van der Waals surface area contributed by atoms with Crippen LogP contribution in [-0.4, -0.2) is 16.0 Å². The van der Waals surface area contributed by atoms with Gasteiger partial charge in [-0.05, 0) is 106 Å². The van der Waals surface area contributed by atoms with Crippen molar-refractivity contribution in [3.63, 3.8) is 0 Å². The minimum absolute atomic E-state index is 0. The number of ether oxygens (including phenoxy) is 1. The third-order valence-electron chi connectivity index (χ3n) is 8.53. The van der Waals surface area contributed by atoms with Crippen molar-refractivity contribution in [1.82, 2.24) is 4.57 Å². The third-order valence-corrected chi connectivity index (χ3v) is 9.41. The summed E-state index contributed by atoms with van der Waals surface area (Å²) in [6.45, 7) is 0. The molecule has 5 fully saturated rings. The molecule has 0 radical (unpaired) electrons. The van der Waals surface area contributed by atoms with E-state index < -0.39 is 0 Å². The van der Waals surface area contributed by atoms with Gasteiger partial charge in [0.2, 0.25) is 5.91 Å². The van der Waals surface area contributed by atoms with Crippen molar-refractivity contribution in [2.45, 2.75) is 69.4 Å². The van der Waals surface area contributed by atoms with Crippen LogP contribution in [0.2, 0.25) is 0 Å². The Hall–Kier alpha value is -2.57. The maximum atomic E-state index is 13.0.